The molecular formula is C12H15F3O. The quantitative estimate of drug-likeness (QED) is 0.722. The summed E-state index contributed by atoms with van der Waals surface area (Å²) in [6.45, 7) is 6.50. The maximum atomic E-state index is 12.8. The summed E-state index contributed by atoms with van der Waals surface area (Å²) in [7, 11) is 0. The molecule has 0 aromatic heterocycles. The zero-order valence-corrected chi connectivity index (χ0v) is 9.61. The van der Waals surface area contributed by atoms with Crippen LogP contribution in [0.5, 0.6) is 0 Å². The van der Waals surface area contributed by atoms with Gasteiger partial charge in [-0.25, -0.2) is 13.2 Å². The van der Waals surface area contributed by atoms with Crippen LogP contribution < -0.4 is 0 Å². The molecule has 0 bridgehead atoms. The summed E-state index contributed by atoms with van der Waals surface area (Å²) in [5.41, 5.74) is 0.276. The number of hydrogen-bond acceptors (Lipinski definition) is 1. The Hall–Kier alpha value is -1.03. The second kappa shape index (κ2) is 4.87. The largest absolute Gasteiger partial charge is 0.376 e. The Labute approximate surface area is 93.2 Å². The van der Waals surface area contributed by atoms with Crippen molar-refractivity contribution < 1.29 is 17.9 Å². The molecule has 0 saturated heterocycles. The summed E-state index contributed by atoms with van der Waals surface area (Å²) in [6, 6.07) is 1.89. The Balaban J connectivity index is 2.62. The summed E-state index contributed by atoms with van der Waals surface area (Å²) >= 11 is 0. The average molecular weight is 232 g/mol. The highest BCUT2D eigenvalue weighted by molar-refractivity contribution is 5.18. The number of hydrogen-bond donors (Lipinski definition) is 0. The van der Waals surface area contributed by atoms with Gasteiger partial charge in [-0.3, -0.25) is 0 Å². The van der Waals surface area contributed by atoms with Gasteiger partial charge in [0.15, 0.2) is 17.5 Å². The highest BCUT2D eigenvalue weighted by Gasteiger charge is 2.13. The molecule has 0 atom stereocenters. The van der Waals surface area contributed by atoms with Crippen LogP contribution in [-0.2, 0) is 11.3 Å². The van der Waals surface area contributed by atoms with Crippen LogP contribution in [0.25, 0.3) is 0 Å². The lowest BCUT2D eigenvalue weighted by atomic mass is 9.99. The van der Waals surface area contributed by atoms with Gasteiger partial charge < -0.3 is 4.74 Å². The molecule has 90 valence electrons. The summed E-state index contributed by atoms with van der Waals surface area (Å²) < 4.78 is 43.6. The van der Waals surface area contributed by atoms with Gasteiger partial charge in [-0.15, -0.1) is 0 Å². The van der Waals surface area contributed by atoms with Gasteiger partial charge >= 0.3 is 0 Å². The summed E-state index contributed by atoms with van der Waals surface area (Å²) in [5, 5.41) is 0. The highest BCUT2D eigenvalue weighted by atomic mass is 19.2. The van der Waals surface area contributed by atoms with Crippen molar-refractivity contribution in [3.63, 3.8) is 0 Å². The maximum absolute atomic E-state index is 12.8. The second-order valence-electron chi connectivity index (χ2n) is 4.93. The minimum Gasteiger partial charge on any atom is -0.376 e. The highest BCUT2D eigenvalue weighted by Crippen LogP contribution is 2.17. The number of benzene rings is 1. The van der Waals surface area contributed by atoms with E-state index < -0.39 is 17.5 Å². The molecule has 0 spiro atoms. The zero-order valence-electron chi connectivity index (χ0n) is 9.61. The predicted molar refractivity (Wildman–Crippen MR) is 55.4 cm³/mol. The predicted octanol–water partition coefficient (Wildman–Crippen LogP) is 3.67. The summed E-state index contributed by atoms with van der Waals surface area (Å²) in [4.78, 5) is 0. The molecule has 1 nitrogen and oxygen atoms in total. The van der Waals surface area contributed by atoms with E-state index >= 15 is 0 Å². The average Bonchev–Trinajstić information content (AvgIpc) is 2.12. The van der Waals surface area contributed by atoms with E-state index in [4.69, 9.17) is 4.74 Å². The van der Waals surface area contributed by atoms with Gasteiger partial charge in [-0.05, 0) is 23.1 Å². The van der Waals surface area contributed by atoms with E-state index in [1.807, 2.05) is 20.8 Å². The molecule has 0 N–H and O–H groups in total. The molecule has 0 fully saturated rings. The van der Waals surface area contributed by atoms with E-state index in [1.54, 1.807) is 0 Å². The fraction of sp³-hybridized carbons (Fsp3) is 0.500. The maximum Gasteiger partial charge on any atom is 0.194 e. The third-order valence-electron chi connectivity index (χ3n) is 1.85. The van der Waals surface area contributed by atoms with Gasteiger partial charge in [0.1, 0.15) is 0 Å². The van der Waals surface area contributed by atoms with Crippen LogP contribution in [-0.4, -0.2) is 6.61 Å². The molecule has 1 rings (SSSR count). The van der Waals surface area contributed by atoms with Crippen LogP contribution in [0.2, 0.25) is 0 Å². The molecule has 1 aromatic carbocycles. The van der Waals surface area contributed by atoms with Crippen LogP contribution in [0.1, 0.15) is 26.3 Å². The molecule has 0 aliphatic carbocycles. The van der Waals surface area contributed by atoms with Crippen LogP contribution >= 0.6 is 0 Å². The van der Waals surface area contributed by atoms with Gasteiger partial charge in [0.25, 0.3) is 0 Å². The Morgan fingerprint density at radius 3 is 2.00 bits per heavy atom. The molecule has 1 aromatic rings. The minimum absolute atomic E-state index is 0.0167. The van der Waals surface area contributed by atoms with Gasteiger partial charge in [0.2, 0.25) is 0 Å². The molecule has 0 radical (unpaired) electrons. The lowest BCUT2D eigenvalue weighted by Gasteiger charge is -2.18. The van der Waals surface area contributed by atoms with Crippen molar-refractivity contribution in [1.29, 1.82) is 0 Å². The van der Waals surface area contributed by atoms with E-state index in [9.17, 15) is 13.2 Å². The van der Waals surface area contributed by atoms with Gasteiger partial charge in [-0.1, -0.05) is 20.8 Å². The third-order valence-corrected chi connectivity index (χ3v) is 1.85. The normalized spacial score (nSPS) is 11.9. The van der Waals surface area contributed by atoms with E-state index in [-0.39, 0.29) is 12.0 Å². The van der Waals surface area contributed by atoms with Crippen LogP contribution in [0, 0.1) is 22.9 Å². The first kappa shape index (κ1) is 13.0. The second-order valence-corrected chi connectivity index (χ2v) is 4.93. The monoisotopic (exact) mass is 232 g/mol. The van der Waals surface area contributed by atoms with Crippen LogP contribution in [0.15, 0.2) is 12.1 Å². The lowest BCUT2D eigenvalue weighted by molar-refractivity contribution is 0.0595. The SMILES string of the molecule is CC(C)(C)COCc1cc(F)c(F)c(F)c1. The van der Waals surface area contributed by atoms with Crippen molar-refractivity contribution in [2.75, 3.05) is 6.61 Å². The molecule has 16 heavy (non-hydrogen) atoms. The van der Waals surface area contributed by atoms with Crippen molar-refractivity contribution in [3.05, 3.63) is 35.1 Å². The fourth-order valence-electron chi connectivity index (χ4n) is 1.17. The van der Waals surface area contributed by atoms with E-state index in [0.29, 0.717) is 12.2 Å². The van der Waals surface area contributed by atoms with Crippen molar-refractivity contribution in [3.8, 4) is 0 Å². The first-order chi connectivity index (χ1) is 7.29. The Morgan fingerprint density at radius 1 is 1.06 bits per heavy atom. The lowest BCUT2D eigenvalue weighted by Crippen LogP contribution is -2.14. The van der Waals surface area contributed by atoms with Crippen molar-refractivity contribution >= 4 is 0 Å². The van der Waals surface area contributed by atoms with Crippen molar-refractivity contribution in [2.45, 2.75) is 27.4 Å². The van der Waals surface area contributed by atoms with Crippen LogP contribution in [0.3, 0.4) is 0 Å². The molecule has 0 heterocycles. The molecule has 0 amide bonds. The molecule has 0 unspecified atom stereocenters. The van der Waals surface area contributed by atoms with Crippen molar-refractivity contribution in [1.82, 2.24) is 0 Å². The van der Waals surface area contributed by atoms with E-state index in [2.05, 4.69) is 0 Å². The Bertz CT molecular complexity index is 346. The first-order valence-electron chi connectivity index (χ1n) is 5.01. The number of halogens is 3. The Morgan fingerprint density at radius 2 is 1.56 bits per heavy atom. The third kappa shape index (κ3) is 3.85. The van der Waals surface area contributed by atoms with Gasteiger partial charge in [0.05, 0.1) is 13.2 Å². The van der Waals surface area contributed by atoms with Crippen LogP contribution in [0.4, 0.5) is 13.2 Å². The fourth-order valence-corrected chi connectivity index (χ4v) is 1.17. The van der Waals surface area contributed by atoms with Gasteiger partial charge in [-0.2, -0.15) is 0 Å². The Kier molecular flexibility index (Phi) is 3.97. The topological polar surface area (TPSA) is 9.23 Å². The number of rotatable bonds is 3. The van der Waals surface area contributed by atoms with Crippen molar-refractivity contribution in [2.24, 2.45) is 5.41 Å². The molecule has 0 aliphatic heterocycles. The summed E-state index contributed by atoms with van der Waals surface area (Å²) in [5.74, 6) is -3.82. The summed E-state index contributed by atoms with van der Waals surface area (Å²) in [6.07, 6.45) is 0. The number of ether oxygens (including phenoxy) is 1. The standard InChI is InChI=1S/C12H15F3O/c1-12(2,3)7-16-6-8-4-9(13)11(15)10(14)5-8/h4-5H,6-7H2,1-3H3. The van der Waals surface area contributed by atoms with Gasteiger partial charge in [0, 0.05) is 0 Å². The van der Waals surface area contributed by atoms with E-state index in [1.165, 1.54) is 0 Å². The molecular weight excluding hydrogens is 217 g/mol. The molecule has 0 saturated carbocycles. The smallest absolute Gasteiger partial charge is 0.194 e. The zero-order chi connectivity index (χ0) is 12.3. The van der Waals surface area contributed by atoms with E-state index in [0.717, 1.165) is 12.1 Å². The first-order valence-corrected chi connectivity index (χ1v) is 5.01. The molecule has 0 aliphatic rings. The molecule has 4 heteroatoms. The minimum atomic E-state index is -1.44.